The predicted octanol–water partition coefficient (Wildman–Crippen LogP) is 2.56. The standard InChI is InChI=1S/C11H9N3O2S/c1-2-16-11(15)9-8-7-6(13-5-14-8)3-4-12-10(7)17-9/h3-5H,2H2,1H3,(H,13,14). The van der Waals surface area contributed by atoms with Crippen molar-refractivity contribution in [1.82, 2.24) is 4.98 Å². The van der Waals surface area contributed by atoms with Crippen molar-refractivity contribution in [3.8, 4) is 0 Å². The first kappa shape index (κ1) is 10.2. The first-order valence-electron chi connectivity index (χ1n) is 5.19. The average Bonchev–Trinajstić information content (AvgIpc) is 2.72. The Bertz CT molecular complexity index is 633. The number of anilines is 1. The number of rotatable bonds is 2. The molecule has 5 nitrogen and oxygen atoms in total. The van der Waals surface area contributed by atoms with Gasteiger partial charge in [0.05, 0.1) is 29.7 Å². The van der Waals surface area contributed by atoms with Crippen LogP contribution in [0.15, 0.2) is 17.3 Å². The second kappa shape index (κ2) is 3.81. The molecule has 0 bridgehead atoms. The Hall–Kier alpha value is -1.95. The minimum Gasteiger partial charge on any atom is -0.462 e. The number of nitrogens with zero attached hydrogens (tertiary/aromatic N) is 2. The molecule has 0 saturated heterocycles. The van der Waals surface area contributed by atoms with Gasteiger partial charge in [-0.2, -0.15) is 0 Å². The molecule has 1 aliphatic heterocycles. The summed E-state index contributed by atoms with van der Waals surface area (Å²) in [5.41, 5.74) is 1.58. The summed E-state index contributed by atoms with van der Waals surface area (Å²) in [6.45, 7) is 2.15. The Kier molecular flexibility index (Phi) is 2.29. The van der Waals surface area contributed by atoms with Crippen LogP contribution >= 0.6 is 11.3 Å². The minimum atomic E-state index is -0.320. The quantitative estimate of drug-likeness (QED) is 0.828. The number of carbonyl (C=O) groups is 1. The summed E-state index contributed by atoms with van der Waals surface area (Å²) in [6, 6.07) is 1.82. The lowest BCUT2D eigenvalue weighted by Gasteiger charge is -2.08. The smallest absolute Gasteiger partial charge is 0.350 e. The van der Waals surface area contributed by atoms with Crippen molar-refractivity contribution < 1.29 is 9.53 Å². The number of thiophene rings is 1. The fourth-order valence-corrected chi connectivity index (χ4v) is 2.78. The lowest BCUT2D eigenvalue weighted by molar-refractivity contribution is 0.0533. The lowest BCUT2D eigenvalue weighted by Crippen LogP contribution is -2.07. The first-order chi connectivity index (χ1) is 8.31. The van der Waals surface area contributed by atoms with Crippen molar-refractivity contribution >= 4 is 45.2 Å². The molecule has 0 spiro atoms. The molecular formula is C11H9N3O2S. The first-order valence-corrected chi connectivity index (χ1v) is 6.00. The number of esters is 1. The van der Waals surface area contributed by atoms with Crippen LogP contribution in [0.5, 0.6) is 0 Å². The molecule has 0 fully saturated rings. The minimum absolute atomic E-state index is 0.320. The zero-order chi connectivity index (χ0) is 11.8. The van der Waals surface area contributed by atoms with E-state index >= 15 is 0 Å². The number of aromatic nitrogens is 1. The van der Waals surface area contributed by atoms with Gasteiger partial charge in [-0.15, -0.1) is 11.3 Å². The lowest BCUT2D eigenvalue weighted by atomic mass is 10.2. The predicted molar refractivity (Wildman–Crippen MR) is 67.4 cm³/mol. The van der Waals surface area contributed by atoms with Gasteiger partial charge in [0, 0.05) is 6.20 Å². The summed E-state index contributed by atoms with van der Waals surface area (Å²) < 4.78 is 5.02. The number of ether oxygens (including phenoxy) is 1. The fourth-order valence-electron chi connectivity index (χ4n) is 1.76. The van der Waals surface area contributed by atoms with Gasteiger partial charge in [-0.05, 0) is 13.0 Å². The third-order valence-corrected chi connectivity index (χ3v) is 3.52. The van der Waals surface area contributed by atoms with E-state index in [1.807, 2.05) is 6.07 Å². The van der Waals surface area contributed by atoms with Crippen molar-refractivity contribution in [2.24, 2.45) is 4.99 Å². The van der Waals surface area contributed by atoms with Crippen molar-refractivity contribution in [3.63, 3.8) is 0 Å². The zero-order valence-corrected chi connectivity index (χ0v) is 9.87. The van der Waals surface area contributed by atoms with Crippen molar-refractivity contribution in [2.45, 2.75) is 6.92 Å². The third-order valence-electron chi connectivity index (χ3n) is 2.44. The summed E-state index contributed by atoms with van der Waals surface area (Å²) in [5.74, 6) is -0.320. The van der Waals surface area contributed by atoms with Crippen LogP contribution in [0.25, 0.3) is 10.2 Å². The fraction of sp³-hybridized carbons (Fsp3) is 0.182. The highest BCUT2D eigenvalue weighted by molar-refractivity contribution is 7.21. The maximum absolute atomic E-state index is 11.8. The van der Waals surface area contributed by atoms with Gasteiger partial charge in [0.1, 0.15) is 9.71 Å². The zero-order valence-electron chi connectivity index (χ0n) is 9.06. The Labute approximate surface area is 101 Å². The normalized spacial score (nSPS) is 12.5. The van der Waals surface area contributed by atoms with Gasteiger partial charge in [-0.1, -0.05) is 0 Å². The maximum Gasteiger partial charge on any atom is 0.350 e. The Morgan fingerprint density at radius 2 is 2.47 bits per heavy atom. The topological polar surface area (TPSA) is 63.6 Å². The molecule has 0 aromatic carbocycles. The van der Waals surface area contributed by atoms with Crippen molar-refractivity contribution in [3.05, 3.63) is 17.1 Å². The molecular weight excluding hydrogens is 238 g/mol. The van der Waals surface area contributed by atoms with Gasteiger partial charge in [0.15, 0.2) is 0 Å². The van der Waals surface area contributed by atoms with Crippen LogP contribution in [0, 0.1) is 0 Å². The molecule has 2 aromatic rings. The van der Waals surface area contributed by atoms with E-state index in [1.54, 1.807) is 19.5 Å². The SMILES string of the molecule is CCOC(=O)c1sc2nccc3c2c1NC=N3. The van der Waals surface area contributed by atoms with E-state index in [2.05, 4.69) is 15.3 Å². The molecule has 17 heavy (non-hydrogen) atoms. The number of aliphatic imine (C=N–C) groups is 1. The van der Waals surface area contributed by atoms with Crippen LogP contribution in [-0.2, 0) is 4.74 Å². The maximum atomic E-state index is 11.8. The molecule has 3 heterocycles. The summed E-state index contributed by atoms with van der Waals surface area (Å²) in [5, 5.41) is 3.88. The average molecular weight is 247 g/mol. The molecule has 0 unspecified atom stereocenters. The summed E-state index contributed by atoms with van der Waals surface area (Å²) in [7, 11) is 0. The summed E-state index contributed by atoms with van der Waals surface area (Å²) >= 11 is 1.32. The highest BCUT2D eigenvalue weighted by Crippen LogP contribution is 2.41. The van der Waals surface area contributed by atoms with E-state index in [-0.39, 0.29) is 5.97 Å². The van der Waals surface area contributed by atoms with Crippen LogP contribution in [0.2, 0.25) is 0 Å². The second-order valence-corrected chi connectivity index (χ2v) is 4.44. The second-order valence-electron chi connectivity index (χ2n) is 3.44. The van der Waals surface area contributed by atoms with Gasteiger partial charge in [0.2, 0.25) is 0 Å². The summed E-state index contributed by atoms with van der Waals surface area (Å²) in [4.78, 5) is 21.6. The van der Waals surface area contributed by atoms with Crippen LogP contribution in [-0.4, -0.2) is 23.9 Å². The Balaban J connectivity index is 2.23. The van der Waals surface area contributed by atoms with Gasteiger partial charge in [-0.3, -0.25) is 0 Å². The molecule has 0 atom stereocenters. The molecule has 2 aromatic heterocycles. The number of pyridine rings is 1. The van der Waals surface area contributed by atoms with Gasteiger partial charge in [-0.25, -0.2) is 14.8 Å². The van der Waals surface area contributed by atoms with Gasteiger partial charge >= 0.3 is 5.97 Å². The van der Waals surface area contributed by atoms with E-state index in [4.69, 9.17) is 4.74 Å². The highest BCUT2D eigenvalue weighted by Gasteiger charge is 2.23. The Morgan fingerprint density at radius 1 is 1.59 bits per heavy atom. The van der Waals surface area contributed by atoms with E-state index in [1.165, 1.54) is 11.3 Å². The molecule has 1 aliphatic rings. The molecule has 6 heteroatoms. The largest absolute Gasteiger partial charge is 0.462 e. The molecule has 86 valence electrons. The van der Waals surface area contributed by atoms with Crippen LogP contribution in [0.3, 0.4) is 0 Å². The number of hydrogen-bond acceptors (Lipinski definition) is 6. The van der Waals surface area contributed by atoms with Crippen LogP contribution in [0.4, 0.5) is 11.4 Å². The molecule has 3 rings (SSSR count). The van der Waals surface area contributed by atoms with Crippen molar-refractivity contribution in [1.29, 1.82) is 0 Å². The Morgan fingerprint density at radius 3 is 3.29 bits per heavy atom. The van der Waals surface area contributed by atoms with Gasteiger partial charge < -0.3 is 10.1 Å². The molecule has 0 saturated carbocycles. The van der Waals surface area contributed by atoms with Gasteiger partial charge in [0.25, 0.3) is 0 Å². The number of hydrogen-bond donors (Lipinski definition) is 1. The number of nitrogens with one attached hydrogen (secondary N) is 1. The van der Waals surface area contributed by atoms with E-state index < -0.39 is 0 Å². The molecule has 0 amide bonds. The monoisotopic (exact) mass is 247 g/mol. The van der Waals surface area contributed by atoms with E-state index in [0.717, 1.165) is 21.6 Å². The molecule has 0 radical (unpaired) electrons. The third kappa shape index (κ3) is 1.49. The molecule has 1 N–H and O–H groups in total. The summed E-state index contributed by atoms with van der Waals surface area (Å²) in [6.07, 6.45) is 3.27. The van der Waals surface area contributed by atoms with Crippen LogP contribution in [0.1, 0.15) is 16.6 Å². The van der Waals surface area contributed by atoms with Crippen molar-refractivity contribution in [2.75, 3.05) is 11.9 Å². The number of carbonyl (C=O) groups excluding carboxylic acids is 1. The van der Waals surface area contributed by atoms with E-state index in [9.17, 15) is 4.79 Å². The molecule has 0 aliphatic carbocycles. The highest BCUT2D eigenvalue weighted by atomic mass is 32.1. The van der Waals surface area contributed by atoms with E-state index in [0.29, 0.717) is 11.5 Å². The van der Waals surface area contributed by atoms with Crippen LogP contribution < -0.4 is 5.32 Å².